The number of hydrogen-bond acceptors (Lipinski definition) is 20. The number of halogens is 1. The van der Waals surface area contributed by atoms with Gasteiger partial charge in [0.05, 0.1) is 64.1 Å². The van der Waals surface area contributed by atoms with Gasteiger partial charge in [0.25, 0.3) is 11.5 Å². The molecule has 0 saturated carbocycles. The van der Waals surface area contributed by atoms with Crippen LogP contribution in [0, 0.1) is 28.6 Å². The summed E-state index contributed by atoms with van der Waals surface area (Å²) < 4.78 is 85.5. The highest BCUT2D eigenvalue weighted by atomic mass is 31.2. The standard InChI is InChI=1S/C37H41FN12O14P2/c1-20(2)33(52)47-37-46-32-28(35(54)48-37)44-19-50(32)36-26(38)29(64-65(55,56)58-12-6-10-39)24(62-36)16-60-66(57,59-13-7-11-40)63-22-14-25(61-23(22)15-51)49-18-43-27-30(41-17-42-31(27)49)45-34(53)21-8-4-3-5-9-21/h3-5,8-9,17-20,22-26,29,36,51H,6-7,12-16H2,1-2H3,(H,55,56)(H,41,42,45,53)(H2,46,47,48,52,54)/t22-,23?,24?,25?,26+,29+,36?,66?/m0/s1. The number of rotatable bonds is 20. The van der Waals surface area contributed by atoms with E-state index in [9.17, 15) is 38.8 Å². The molecule has 5 aromatic rings. The van der Waals surface area contributed by atoms with E-state index in [1.54, 1.807) is 50.2 Å². The predicted octanol–water partition coefficient (Wildman–Crippen LogP) is 3.18. The minimum Gasteiger partial charge on any atom is -0.394 e. The Balaban J connectivity index is 1.13. The van der Waals surface area contributed by atoms with Gasteiger partial charge in [-0.15, -0.1) is 0 Å². The highest BCUT2D eigenvalue weighted by molar-refractivity contribution is 7.48. The van der Waals surface area contributed by atoms with Crippen molar-refractivity contribution in [2.45, 2.75) is 76.2 Å². The minimum atomic E-state index is -5.15. The lowest BCUT2D eigenvalue weighted by molar-refractivity contribution is -0.118. The molecule has 2 aliphatic rings. The molecule has 4 aromatic heterocycles. The second-order valence-electron chi connectivity index (χ2n) is 14.7. The summed E-state index contributed by atoms with van der Waals surface area (Å²) in [6.07, 6.45) is -8.75. The second-order valence-corrected chi connectivity index (χ2v) is 17.7. The number of nitrogens with zero attached hydrogens (tertiary/aromatic N) is 9. The van der Waals surface area contributed by atoms with Gasteiger partial charge in [0.2, 0.25) is 11.9 Å². The van der Waals surface area contributed by atoms with Crippen LogP contribution >= 0.6 is 15.6 Å². The largest absolute Gasteiger partial charge is 0.475 e. The molecule has 5 N–H and O–H groups in total. The number of alkyl halides is 1. The Morgan fingerprint density at radius 1 is 0.955 bits per heavy atom. The van der Waals surface area contributed by atoms with Gasteiger partial charge < -0.3 is 24.8 Å². The minimum absolute atomic E-state index is 0.0902. The number of nitriles is 2. The molecular formula is C37H41FN12O14P2. The molecular weight excluding hydrogens is 917 g/mol. The lowest BCUT2D eigenvalue weighted by Gasteiger charge is -2.26. The number of ether oxygens (including phenoxy) is 2. The molecule has 0 aliphatic carbocycles. The van der Waals surface area contributed by atoms with E-state index in [4.69, 9.17) is 37.4 Å². The Bertz CT molecular complexity index is 2800. The van der Waals surface area contributed by atoms with Crippen molar-refractivity contribution in [1.29, 1.82) is 10.5 Å². The van der Waals surface area contributed by atoms with Crippen molar-refractivity contribution in [3.05, 3.63) is 65.2 Å². The van der Waals surface area contributed by atoms with E-state index in [2.05, 4.69) is 40.5 Å². The summed E-state index contributed by atoms with van der Waals surface area (Å²) >= 11 is 0. The number of amides is 2. The molecule has 6 unspecified atom stereocenters. The molecule has 7 rings (SSSR count). The van der Waals surface area contributed by atoms with Crippen LogP contribution in [0.25, 0.3) is 22.3 Å². The lowest BCUT2D eigenvalue weighted by atomic mass is 10.1. The lowest BCUT2D eigenvalue weighted by Crippen LogP contribution is -2.34. The van der Waals surface area contributed by atoms with E-state index < -0.39 is 108 Å². The van der Waals surface area contributed by atoms with E-state index in [0.717, 1.165) is 10.9 Å². The maximum Gasteiger partial charge on any atom is 0.475 e. The molecule has 2 fully saturated rings. The van der Waals surface area contributed by atoms with Gasteiger partial charge in [-0.2, -0.15) is 15.5 Å². The molecule has 2 amide bonds. The summed E-state index contributed by atoms with van der Waals surface area (Å²) in [5.41, 5.74) is -0.640. The quantitative estimate of drug-likeness (QED) is 0.0552. The molecule has 66 heavy (non-hydrogen) atoms. The third-order valence-electron chi connectivity index (χ3n) is 9.88. The second kappa shape index (κ2) is 20.7. The topological polar surface area (TPSA) is 352 Å². The monoisotopic (exact) mass is 958 g/mol. The van der Waals surface area contributed by atoms with Crippen LogP contribution in [0.15, 0.2) is 54.1 Å². The number of aromatic nitrogens is 8. The number of fused-ring (bicyclic) bond motifs is 2. The molecule has 26 nitrogen and oxygen atoms in total. The maximum atomic E-state index is 16.6. The van der Waals surface area contributed by atoms with Gasteiger partial charge in [-0.05, 0) is 12.1 Å². The normalized spacial score (nSPS) is 23.6. The average molecular weight is 959 g/mol. The van der Waals surface area contributed by atoms with Crippen LogP contribution in [0.4, 0.5) is 16.2 Å². The summed E-state index contributed by atoms with van der Waals surface area (Å²) in [5, 5.41) is 33.6. The van der Waals surface area contributed by atoms with Crippen LogP contribution in [0.2, 0.25) is 0 Å². The van der Waals surface area contributed by atoms with Crippen LogP contribution in [0.3, 0.4) is 0 Å². The van der Waals surface area contributed by atoms with Gasteiger partial charge in [-0.1, -0.05) is 32.0 Å². The first-order valence-corrected chi connectivity index (χ1v) is 22.9. The third-order valence-corrected chi connectivity index (χ3v) is 12.4. The van der Waals surface area contributed by atoms with Crippen LogP contribution < -0.4 is 16.2 Å². The molecule has 29 heteroatoms. The summed E-state index contributed by atoms with van der Waals surface area (Å²) in [4.78, 5) is 72.1. The Labute approximate surface area is 372 Å². The molecule has 0 radical (unpaired) electrons. The predicted molar refractivity (Wildman–Crippen MR) is 221 cm³/mol. The SMILES string of the molecule is CC(C)C(=O)Nc1nc2c(ncn2C2OC(COP(=O)(OCCC#N)O[C@H]3CC(n4cnc5c(NC(=O)c6ccccc6)ncnc54)OC3CO)[C@@H](OP(=O)(O)OCCC#N)[C@H]2F)c(=O)[nH]1. The number of H-pyrrole nitrogens is 1. The van der Waals surface area contributed by atoms with Crippen molar-refractivity contribution in [1.82, 2.24) is 39.0 Å². The average Bonchev–Trinajstić information content (AvgIpc) is 4.08. The first kappa shape index (κ1) is 48.0. The molecule has 2 aliphatic heterocycles. The highest BCUT2D eigenvalue weighted by Crippen LogP contribution is 2.55. The third kappa shape index (κ3) is 10.8. The van der Waals surface area contributed by atoms with E-state index in [-0.39, 0.29) is 53.4 Å². The number of anilines is 2. The van der Waals surface area contributed by atoms with E-state index >= 15 is 4.39 Å². The highest BCUT2D eigenvalue weighted by Gasteiger charge is 2.52. The zero-order valence-electron chi connectivity index (χ0n) is 34.8. The molecule has 6 heterocycles. The summed E-state index contributed by atoms with van der Waals surface area (Å²) in [6, 6.07) is 11.9. The summed E-state index contributed by atoms with van der Waals surface area (Å²) in [5.74, 6) is -1.70. The van der Waals surface area contributed by atoms with Gasteiger partial charge in [-0.3, -0.25) is 56.4 Å². The van der Waals surface area contributed by atoms with Crippen molar-refractivity contribution in [3.63, 3.8) is 0 Å². The molecule has 2 saturated heterocycles. The van der Waals surface area contributed by atoms with E-state index in [1.807, 2.05) is 6.07 Å². The van der Waals surface area contributed by atoms with Crippen LogP contribution in [0.1, 0.15) is 55.9 Å². The van der Waals surface area contributed by atoms with Crippen LogP contribution in [-0.4, -0.2) is 118 Å². The van der Waals surface area contributed by atoms with Gasteiger partial charge in [0.15, 0.2) is 40.5 Å². The molecule has 0 bridgehead atoms. The van der Waals surface area contributed by atoms with Gasteiger partial charge in [0, 0.05) is 17.9 Å². The van der Waals surface area contributed by atoms with Gasteiger partial charge in [-0.25, -0.2) is 33.5 Å². The van der Waals surface area contributed by atoms with Gasteiger partial charge >= 0.3 is 15.6 Å². The number of benzene rings is 1. The number of phosphoric ester groups is 2. The van der Waals surface area contributed by atoms with Crippen molar-refractivity contribution >= 4 is 61.6 Å². The molecule has 9 atom stereocenters. The number of imidazole rings is 2. The zero-order valence-corrected chi connectivity index (χ0v) is 36.6. The first-order valence-electron chi connectivity index (χ1n) is 20.0. The number of hydrogen-bond donors (Lipinski definition) is 5. The number of aliphatic hydroxyl groups excluding tert-OH is 1. The Hall–Kier alpha value is -5.93. The number of carbonyl (C=O) groups excluding carboxylic acids is 2. The summed E-state index contributed by atoms with van der Waals surface area (Å²) in [6.45, 7) is 0.462. The number of carbonyl (C=O) groups is 2. The summed E-state index contributed by atoms with van der Waals surface area (Å²) in [7, 11) is -10.0. The molecule has 0 spiro atoms. The van der Waals surface area contributed by atoms with Crippen molar-refractivity contribution in [3.8, 4) is 12.1 Å². The smallest absolute Gasteiger partial charge is 0.394 e. The van der Waals surface area contributed by atoms with Crippen molar-refractivity contribution in [2.24, 2.45) is 5.92 Å². The van der Waals surface area contributed by atoms with Gasteiger partial charge in [0.1, 0.15) is 37.0 Å². The van der Waals surface area contributed by atoms with Crippen molar-refractivity contribution < 1.29 is 65.2 Å². The van der Waals surface area contributed by atoms with E-state index in [0.29, 0.717) is 5.56 Å². The van der Waals surface area contributed by atoms with E-state index in [1.165, 1.54) is 17.2 Å². The fourth-order valence-electron chi connectivity index (χ4n) is 6.70. The number of nitrogens with one attached hydrogen (secondary N) is 3. The maximum absolute atomic E-state index is 16.6. The number of aromatic amines is 1. The molecule has 350 valence electrons. The Morgan fingerprint density at radius 3 is 2.38 bits per heavy atom. The van der Waals surface area contributed by atoms with Crippen molar-refractivity contribution in [2.75, 3.05) is 37.1 Å². The fourth-order valence-corrected chi connectivity index (χ4v) is 9.04. The Kier molecular flexibility index (Phi) is 15.1. The number of aliphatic hydroxyl groups is 1. The zero-order chi connectivity index (χ0) is 47.2. The van der Waals surface area contributed by atoms with Crippen LogP contribution in [0.5, 0.6) is 0 Å². The molecule has 1 aromatic carbocycles. The fraction of sp³-hybridized carbons (Fsp3) is 0.459. The first-order chi connectivity index (χ1) is 31.6. The number of phosphoric acid groups is 2. The Morgan fingerprint density at radius 2 is 1.67 bits per heavy atom. The van der Waals surface area contributed by atoms with Crippen LogP contribution in [-0.2, 0) is 46.0 Å².